The molecule has 21 heavy (non-hydrogen) atoms. The normalized spacial score (nSPS) is 16.7. The Kier molecular flexibility index (Phi) is 4.72. The number of nitrogens with zero attached hydrogens (tertiary/aromatic N) is 2. The molecule has 3 rings (SSSR count). The van der Waals surface area contributed by atoms with Crippen LogP contribution in [0.3, 0.4) is 0 Å². The predicted molar refractivity (Wildman–Crippen MR) is 87.3 cm³/mol. The lowest BCUT2D eigenvalue weighted by Crippen LogP contribution is -2.13. The van der Waals surface area contributed by atoms with E-state index in [9.17, 15) is 0 Å². The van der Waals surface area contributed by atoms with Gasteiger partial charge in [0.1, 0.15) is 5.82 Å². The summed E-state index contributed by atoms with van der Waals surface area (Å²) in [6.45, 7) is 0.960. The van der Waals surface area contributed by atoms with Gasteiger partial charge in [-0.1, -0.05) is 42.5 Å². The molecular weight excluding hydrogens is 307 g/mol. The van der Waals surface area contributed by atoms with E-state index in [-0.39, 0.29) is 6.61 Å². The van der Waals surface area contributed by atoms with Crippen LogP contribution in [-0.4, -0.2) is 21.3 Å². The summed E-state index contributed by atoms with van der Waals surface area (Å²) in [5.41, 5.74) is 1.93. The van der Waals surface area contributed by atoms with Crippen molar-refractivity contribution >= 4 is 34.2 Å². The van der Waals surface area contributed by atoms with Crippen LogP contribution in [0, 0.1) is 0 Å². The summed E-state index contributed by atoms with van der Waals surface area (Å²) in [7, 11) is 0. The lowest BCUT2D eigenvalue weighted by atomic mass is 9.88. The number of hydrogen-bond donors (Lipinski definition) is 1. The number of aromatic nitrogens is 2. The highest BCUT2D eigenvalue weighted by atomic mass is 35.5. The zero-order valence-electron chi connectivity index (χ0n) is 12.0. The molecule has 1 aromatic heterocycles. The van der Waals surface area contributed by atoms with Crippen LogP contribution in [0.5, 0.6) is 0 Å². The maximum absolute atomic E-state index is 9.16. The van der Waals surface area contributed by atoms with Gasteiger partial charge in [-0.2, -0.15) is 0 Å². The van der Waals surface area contributed by atoms with Crippen molar-refractivity contribution in [1.29, 1.82) is 0 Å². The van der Waals surface area contributed by atoms with Crippen LogP contribution in [-0.2, 0) is 6.54 Å². The van der Waals surface area contributed by atoms with Gasteiger partial charge in [-0.3, -0.25) is 0 Å². The highest BCUT2D eigenvalue weighted by molar-refractivity contribution is 6.42. The van der Waals surface area contributed by atoms with Crippen molar-refractivity contribution in [3.8, 4) is 0 Å². The van der Waals surface area contributed by atoms with E-state index in [0.717, 1.165) is 29.8 Å². The van der Waals surface area contributed by atoms with Crippen molar-refractivity contribution in [1.82, 2.24) is 9.55 Å². The minimum absolute atomic E-state index is 0.186. The number of imidazole rings is 1. The van der Waals surface area contributed by atoms with Gasteiger partial charge in [-0.25, -0.2) is 4.98 Å². The van der Waals surface area contributed by atoms with Crippen molar-refractivity contribution in [2.24, 2.45) is 0 Å². The average molecular weight is 327 g/mol. The van der Waals surface area contributed by atoms with E-state index in [4.69, 9.17) is 33.3 Å². The van der Waals surface area contributed by atoms with Gasteiger partial charge in [0.05, 0.1) is 21.1 Å². The number of hydrogen-bond acceptors (Lipinski definition) is 2. The molecule has 0 spiro atoms. The molecule has 1 heterocycles. The van der Waals surface area contributed by atoms with Gasteiger partial charge in [0.15, 0.2) is 0 Å². The molecule has 0 radical (unpaired) electrons. The highest BCUT2D eigenvalue weighted by Crippen LogP contribution is 2.36. The first-order valence-electron chi connectivity index (χ1n) is 7.66. The molecule has 3 nitrogen and oxygen atoms in total. The Morgan fingerprint density at radius 1 is 1.14 bits per heavy atom. The molecule has 1 aliphatic rings. The van der Waals surface area contributed by atoms with Crippen LogP contribution in [0.15, 0.2) is 12.1 Å². The lowest BCUT2D eigenvalue weighted by Gasteiger charge is -2.22. The SMILES string of the molecule is OCCCn1c(C2CCCCC2)nc2cc(Cl)c(Cl)cc21. The van der Waals surface area contributed by atoms with E-state index >= 15 is 0 Å². The first-order chi connectivity index (χ1) is 10.2. The van der Waals surface area contributed by atoms with Gasteiger partial charge in [0.25, 0.3) is 0 Å². The van der Waals surface area contributed by atoms with E-state index in [2.05, 4.69) is 4.57 Å². The molecule has 0 amide bonds. The van der Waals surface area contributed by atoms with E-state index < -0.39 is 0 Å². The van der Waals surface area contributed by atoms with E-state index in [1.54, 1.807) is 0 Å². The fourth-order valence-corrected chi connectivity index (χ4v) is 3.59. The second kappa shape index (κ2) is 6.55. The molecule has 1 aromatic carbocycles. The molecule has 1 aliphatic carbocycles. The van der Waals surface area contributed by atoms with Gasteiger partial charge in [-0.15, -0.1) is 0 Å². The maximum Gasteiger partial charge on any atom is 0.112 e. The third kappa shape index (κ3) is 3.05. The number of rotatable bonds is 4. The quantitative estimate of drug-likeness (QED) is 0.878. The highest BCUT2D eigenvalue weighted by Gasteiger charge is 2.22. The molecule has 5 heteroatoms. The van der Waals surface area contributed by atoms with Gasteiger partial charge >= 0.3 is 0 Å². The van der Waals surface area contributed by atoms with Crippen LogP contribution < -0.4 is 0 Å². The predicted octanol–water partition coefficient (Wildman–Crippen LogP) is 4.77. The summed E-state index contributed by atoms with van der Waals surface area (Å²) in [6, 6.07) is 3.75. The summed E-state index contributed by atoms with van der Waals surface area (Å²) >= 11 is 12.3. The zero-order chi connectivity index (χ0) is 14.8. The third-order valence-corrected chi connectivity index (χ3v) is 5.05. The third-order valence-electron chi connectivity index (χ3n) is 4.33. The Labute approximate surface area is 134 Å². The first-order valence-corrected chi connectivity index (χ1v) is 8.42. The maximum atomic E-state index is 9.16. The molecular formula is C16H20Cl2N2O. The Morgan fingerprint density at radius 3 is 2.57 bits per heavy atom. The molecule has 1 N–H and O–H groups in total. The standard InChI is InChI=1S/C16H20Cl2N2O/c17-12-9-14-15(10-13(12)18)20(7-4-8-21)16(19-14)11-5-2-1-3-6-11/h9-11,21H,1-8H2. The fraction of sp³-hybridized carbons (Fsp3) is 0.562. The molecule has 1 fully saturated rings. The molecule has 114 valence electrons. The summed E-state index contributed by atoms with van der Waals surface area (Å²) in [4.78, 5) is 4.83. The Balaban J connectivity index is 2.07. The van der Waals surface area contributed by atoms with Crippen molar-refractivity contribution in [3.63, 3.8) is 0 Å². The Bertz CT molecular complexity index is 633. The van der Waals surface area contributed by atoms with Gasteiger partial charge in [-0.05, 0) is 31.4 Å². The smallest absolute Gasteiger partial charge is 0.112 e. The number of aliphatic hydroxyl groups excluding tert-OH is 1. The molecule has 0 unspecified atom stereocenters. The average Bonchev–Trinajstić information content (AvgIpc) is 2.84. The van der Waals surface area contributed by atoms with E-state index in [1.807, 2.05) is 12.1 Å². The largest absolute Gasteiger partial charge is 0.396 e. The Hall–Kier alpha value is -0.770. The monoisotopic (exact) mass is 326 g/mol. The van der Waals surface area contributed by atoms with Gasteiger partial charge in [0, 0.05) is 19.1 Å². The van der Waals surface area contributed by atoms with E-state index in [0.29, 0.717) is 16.0 Å². The first kappa shape index (κ1) is 15.1. The van der Waals surface area contributed by atoms with Crippen LogP contribution >= 0.6 is 23.2 Å². The Morgan fingerprint density at radius 2 is 1.86 bits per heavy atom. The number of aryl methyl sites for hydroxylation is 1. The van der Waals surface area contributed by atoms with Crippen molar-refractivity contribution in [2.45, 2.75) is 51.0 Å². The second-order valence-electron chi connectivity index (χ2n) is 5.79. The molecule has 0 atom stereocenters. The van der Waals surface area contributed by atoms with Crippen LogP contribution in [0.2, 0.25) is 10.0 Å². The van der Waals surface area contributed by atoms with Crippen molar-refractivity contribution < 1.29 is 5.11 Å². The number of halogens is 2. The molecule has 0 saturated heterocycles. The fourth-order valence-electron chi connectivity index (χ4n) is 3.28. The number of benzene rings is 1. The van der Waals surface area contributed by atoms with Gasteiger partial charge < -0.3 is 9.67 Å². The van der Waals surface area contributed by atoms with Crippen LogP contribution in [0.1, 0.15) is 50.3 Å². The molecule has 1 saturated carbocycles. The van der Waals surface area contributed by atoms with Crippen molar-refractivity contribution in [2.75, 3.05) is 6.61 Å². The summed E-state index contributed by atoms with van der Waals surface area (Å²) in [5.74, 6) is 1.65. The zero-order valence-corrected chi connectivity index (χ0v) is 13.5. The number of aliphatic hydroxyl groups is 1. The lowest BCUT2D eigenvalue weighted by molar-refractivity contribution is 0.278. The topological polar surface area (TPSA) is 38.0 Å². The minimum atomic E-state index is 0.186. The molecule has 0 aliphatic heterocycles. The summed E-state index contributed by atoms with van der Waals surface area (Å²) < 4.78 is 2.23. The van der Waals surface area contributed by atoms with Crippen LogP contribution in [0.4, 0.5) is 0 Å². The number of fused-ring (bicyclic) bond motifs is 1. The minimum Gasteiger partial charge on any atom is -0.396 e. The van der Waals surface area contributed by atoms with E-state index in [1.165, 1.54) is 32.1 Å². The molecule has 0 bridgehead atoms. The van der Waals surface area contributed by atoms with Gasteiger partial charge in [0.2, 0.25) is 0 Å². The molecule has 2 aromatic rings. The summed E-state index contributed by atoms with van der Waals surface area (Å²) in [6.07, 6.45) is 7.00. The summed E-state index contributed by atoms with van der Waals surface area (Å²) in [5, 5.41) is 10.3. The van der Waals surface area contributed by atoms with Crippen LogP contribution in [0.25, 0.3) is 11.0 Å². The second-order valence-corrected chi connectivity index (χ2v) is 6.60. The van der Waals surface area contributed by atoms with Crippen molar-refractivity contribution in [3.05, 3.63) is 28.0 Å².